The second-order valence-corrected chi connectivity index (χ2v) is 5.97. The molecule has 0 fully saturated rings. The lowest BCUT2D eigenvalue weighted by Crippen LogP contribution is -2.33. The Morgan fingerprint density at radius 1 is 1.19 bits per heavy atom. The molecular formula is C16H24N2O3. The van der Waals surface area contributed by atoms with Gasteiger partial charge in [0.15, 0.2) is 0 Å². The summed E-state index contributed by atoms with van der Waals surface area (Å²) in [6.07, 6.45) is 0.902. The van der Waals surface area contributed by atoms with E-state index in [1.807, 2.05) is 12.1 Å². The molecule has 0 aliphatic carbocycles. The fourth-order valence-corrected chi connectivity index (χ4v) is 1.75. The first-order valence-electron chi connectivity index (χ1n) is 7.07. The molecule has 0 spiro atoms. The highest BCUT2D eigenvalue weighted by Gasteiger charge is 2.12. The van der Waals surface area contributed by atoms with Gasteiger partial charge in [0.1, 0.15) is 5.75 Å². The van der Waals surface area contributed by atoms with Crippen molar-refractivity contribution in [1.29, 1.82) is 0 Å². The van der Waals surface area contributed by atoms with E-state index in [2.05, 4.69) is 38.2 Å². The van der Waals surface area contributed by atoms with Crippen molar-refractivity contribution < 1.29 is 14.3 Å². The molecule has 0 radical (unpaired) electrons. The number of ether oxygens (including phenoxy) is 1. The van der Waals surface area contributed by atoms with Gasteiger partial charge in [-0.15, -0.1) is 0 Å². The highest BCUT2D eigenvalue weighted by Crippen LogP contribution is 2.24. The molecule has 1 rings (SSSR count). The van der Waals surface area contributed by atoms with Gasteiger partial charge >= 0.3 is 0 Å². The average Bonchev–Trinajstić information content (AvgIpc) is 2.41. The van der Waals surface area contributed by atoms with Crippen molar-refractivity contribution in [3.8, 4) is 5.75 Å². The quantitative estimate of drug-likeness (QED) is 0.751. The van der Waals surface area contributed by atoms with Gasteiger partial charge in [0, 0.05) is 6.42 Å². The maximum Gasteiger partial charge on any atom is 0.236 e. The molecule has 0 heterocycles. The van der Waals surface area contributed by atoms with E-state index in [0.717, 1.165) is 5.75 Å². The summed E-state index contributed by atoms with van der Waals surface area (Å²) in [5.41, 5.74) is 6.31. The van der Waals surface area contributed by atoms with Crippen LogP contribution < -0.4 is 15.8 Å². The highest BCUT2D eigenvalue weighted by molar-refractivity contribution is 5.83. The minimum atomic E-state index is -0.543. The molecule has 5 heteroatoms. The molecule has 2 amide bonds. The zero-order chi connectivity index (χ0) is 15.9. The van der Waals surface area contributed by atoms with E-state index >= 15 is 0 Å². The third-order valence-electron chi connectivity index (χ3n) is 3.00. The first-order valence-corrected chi connectivity index (χ1v) is 7.07. The molecule has 0 bridgehead atoms. The van der Waals surface area contributed by atoms with Gasteiger partial charge in [-0.3, -0.25) is 9.59 Å². The van der Waals surface area contributed by atoms with Gasteiger partial charge < -0.3 is 15.8 Å². The van der Waals surface area contributed by atoms with Gasteiger partial charge in [-0.05, 0) is 29.5 Å². The first kappa shape index (κ1) is 17.0. The first-order chi connectivity index (χ1) is 9.79. The predicted molar refractivity (Wildman–Crippen MR) is 82.1 cm³/mol. The van der Waals surface area contributed by atoms with Gasteiger partial charge in [-0.1, -0.05) is 32.9 Å². The van der Waals surface area contributed by atoms with Crippen LogP contribution in [0.3, 0.4) is 0 Å². The molecule has 0 aromatic heterocycles. The molecule has 21 heavy (non-hydrogen) atoms. The molecule has 0 atom stereocenters. The maximum atomic E-state index is 11.3. The van der Waals surface area contributed by atoms with Crippen molar-refractivity contribution in [3.05, 3.63) is 29.8 Å². The van der Waals surface area contributed by atoms with E-state index in [1.165, 1.54) is 5.56 Å². The van der Waals surface area contributed by atoms with Gasteiger partial charge in [0.2, 0.25) is 11.8 Å². The van der Waals surface area contributed by atoms with Crippen LogP contribution in [-0.4, -0.2) is 25.0 Å². The van der Waals surface area contributed by atoms with Crippen LogP contribution >= 0.6 is 0 Å². The Hall–Kier alpha value is -2.04. The van der Waals surface area contributed by atoms with Crippen molar-refractivity contribution >= 4 is 11.8 Å². The fourth-order valence-electron chi connectivity index (χ4n) is 1.75. The van der Waals surface area contributed by atoms with Crippen molar-refractivity contribution in [2.75, 3.05) is 13.2 Å². The molecule has 0 aliphatic heterocycles. The summed E-state index contributed by atoms with van der Waals surface area (Å²) in [5.74, 6) is 0.0552. The summed E-state index contributed by atoms with van der Waals surface area (Å²) in [7, 11) is 0. The molecule has 1 aromatic carbocycles. The van der Waals surface area contributed by atoms with E-state index in [9.17, 15) is 9.59 Å². The predicted octanol–water partition coefficient (Wildman–Crippen LogP) is 1.74. The maximum absolute atomic E-state index is 11.3. The summed E-state index contributed by atoms with van der Waals surface area (Å²) >= 11 is 0. The van der Waals surface area contributed by atoms with Crippen LogP contribution in [0.4, 0.5) is 0 Å². The van der Waals surface area contributed by atoms with E-state index in [4.69, 9.17) is 10.5 Å². The zero-order valence-electron chi connectivity index (χ0n) is 12.9. The Morgan fingerprint density at radius 2 is 1.81 bits per heavy atom. The number of carbonyl (C=O) groups excluding carboxylic acids is 2. The van der Waals surface area contributed by atoms with Crippen molar-refractivity contribution in [1.82, 2.24) is 5.32 Å². The van der Waals surface area contributed by atoms with Crippen molar-refractivity contribution in [2.24, 2.45) is 5.73 Å². The van der Waals surface area contributed by atoms with Crippen molar-refractivity contribution in [3.63, 3.8) is 0 Å². The molecular weight excluding hydrogens is 268 g/mol. The third-order valence-corrected chi connectivity index (χ3v) is 3.00. The summed E-state index contributed by atoms with van der Waals surface area (Å²) in [6.45, 7) is 6.82. The minimum absolute atomic E-state index is 0.117. The zero-order valence-corrected chi connectivity index (χ0v) is 12.9. The number of nitrogens with one attached hydrogen (secondary N) is 1. The molecule has 1 aromatic rings. The lowest BCUT2D eigenvalue weighted by atomic mass is 9.87. The van der Waals surface area contributed by atoms with Crippen molar-refractivity contribution in [2.45, 2.75) is 39.0 Å². The smallest absolute Gasteiger partial charge is 0.236 e. The third kappa shape index (κ3) is 6.79. The summed E-state index contributed by atoms with van der Waals surface area (Å²) in [4.78, 5) is 21.8. The Morgan fingerprint density at radius 3 is 2.33 bits per heavy atom. The fraction of sp³-hybridized carbons (Fsp3) is 0.500. The molecule has 0 unspecified atom stereocenters. The number of nitrogens with two attached hydrogens (primary N) is 1. The van der Waals surface area contributed by atoms with Crippen LogP contribution in [-0.2, 0) is 15.0 Å². The number of hydrogen-bond acceptors (Lipinski definition) is 3. The van der Waals surface area contributed by atoms with Gasteiger partial charge in [-0.2, -0.15) is 0 Å². The molecule has 0 aliphatic rings. The van der Waals surface area contributed by atoms with E-state index < -0.39 is 5.91 Å². The lowest BCUT2D eigenvalue weighted by molar-refractivity contribution is -0.124. The van der Waals surface area contributed by atoms with E-state index in [1.54, 1.807) is 0 Å². The Balaban J connectivity index is 2.27. The lowest BCUT2D eigenvalue weighted by Gasteiger charge is -2.19. The Kier molecular flexibility index (Phi) is 6.21. The molecule has 116 valence electrons. The minimum Gasteiger partial charge on any atom is -0.494 e. The number of amides is 2. The molecule has 0 saturated carbocycles. The second kappa shape index (κ2) is 7.67. The SMILES string of the molecule is CC(C)(C)c1ccc(OCCCC(=O)NCC(N)=O)cc1. The summed E-state index contributed by atoms with van der Waals surface area (Å²) < 4.78 is 5.58. The number of hydrogen-bond donors (Lipinski definition) is 2. The van der Waals surface area contributed by atoms with Gasteiger partial charge in [-0.25, -0.2) is 0 Å². The average molecular weight is 292 g/mol. The van der Waals surface area contributed by atoms with E-state index in [-0.39, 0.29) is 17.9 Å². The largest absolute Gasteiger partial charge is 0.494 e. The highest BCUT2D eigenvalue weighted by atomic mass is 16.5. The van der Waals surface area contributed by atoms with Crippen LogP contribution in [0.15, 0.2) is 24.3 Å². The summed E-state index contributed by atoms with van der Waals surface area (Å²) in [6, 6.07) is 7.98. The van der Waals surface area contributed by atoms with Crippen LogP contribution in [0, 0.1) is 0 Å². The monoisotopic (exact) mass is 292 g/mol. The second-order valence-electron chi connectivity index (χ2n) is 5.97. The molecule has 0 saturated heterocycles. The number of carbonyl (C=O) groups is 2. The summed E-state index contributed by atoms with van der Waals surface area (Å²) in [5, 5.41) is 2.44. The number of primary amides is 1. The number of benzene rings is 1. The van der Waals surface area contributed by atoms with Crippen LogP contribution in [0.1, 0.15) is 39.2 Å². The standard InChI is InChI=1S/C16H24N2O3/c1-16(2,3)12-6-8-13(9-7-12)21-10-4-5-15(20)18-11-14(17)19/h6-9H,4-5,10-11H2,1-3H3,(H2,17,19)(H,18,20). The molecule has 5 nitrogen and oxygen atoms in total. The molecule has 3 N–H and O–H groups in total. The van der Waals surface area contributed by atoms with Gasteiger partial charge in [0.05, 0.1) is 13.2 Å². The van der Waals surface area contributed by atoms with Crippen LogP contribution in [0.25, 0.3) is 0 Å². The van der Waals surface area contributed by atoms with Crippen LogP contribution in [0.5, 0.6) is 5.75 Å². The topological polar surface area (TPSA) is 81.4 Å². The Bertz CT molecular complexity index is 475. The Labute approximate surface area is 125 Å². The number of rotatable bonds is 7. The normalized spacial score (nSPS) is 11.0. The van der Waals surface area contributed by atoms with Gasteiger partial charge in [0.25, 0.3) is 0 Å². The van der Waals surface area contributed by atoms with E-state index in [0.29, 0.717) is 19.4 Å². The van der Waals surface area contributed by atoms with Crippen LogP contribution in [0.2, 0.25) is 0 Å².